The van der Waals surface area contributed by atoms with Gasteiger partial charge in [0.05, 0.1) is 5.56 Å². The standard InChI is InChI=1S/C22H25NO3/c1-22(14-6-9-17-8-3-5-11-19(17)22)15-23-20(24)13-12-16-7-2-4-10-18(16)21(25)26/h2-5,7-8,10-11H,6,9,12-15H2,1H3,(H,23,24)(H,25,26). The third kappa shape index (κ3) is 3.96. The van der Waals surface area contributed by atoms with Gasteiger partial charge in [-0.15, -0.1) is 0 Å². The van der Waals surface area contributed by atoms with Crippen LogP contribution >= 0.6 is 0 Å². The number of benzene rings is 2. The zero-order valence-corrected chi connectivity index (χ0v) is 15.1. The lowest BCUT2D eigenvalue weighted by atomic mass is 9.71. The SMILES string of the molecule is CC1(CNC(=O)CCc2ccccc2C(=O)O)CCCc2ccccc21. The molecule has 1 aliphatic carbocycles. The molecule has 26 heavy (non-hydrogen) atoms. The van der Waals surface area contributed by atoms with E-state index in [4.69, 9.17) is 0 Å². The molecule has 0 saturated carbocycles. The first kappa shape index (κ1) is 18.2. The highest BCUT2D eigenvalue weighted by atomic mass is 16.4. The smallest absolute Gasteiger partial charge is 0.335 e. The number of aryl methyl sites for hydroxylation is 2. The van der Waals surface area contributed by atoms with E-state index in [1.807, 2.05) is 0 Å². The number of fused-ring (bicyclic) bond motifs is 1. The third-order valence-electron chi connectivity index (χ3n) is 5.39. The lowest BCUT2D eigenvalue weighted by molar-refractivity contribution is -0.121. The summed E-state index contributed by atoms with van der Waals surface area (Å²) >= 11 is 0. The fourth-order valence-electron chi connectivity index (χ4n) is 3.89. The molecule has 1 atom stereocenters. The minimum atomic E-state index is -0.952. The number of carbonyl (C=O) groups excluding carboxylic acids is 1. The minimum Gasteiger partial charge on any atom is -0.478 e. The number of aromatic carboxylic acids is 1. The van der Waals surface area contributed by atoms with E-state index in [0.717, 1.165) is 19.3 Å². The van der Waals surface area contributed by atoms with Crippen LogP contribution in [0.15, 0.2) is 48.5 Å². The second-order valence-corrected chi connectivity index (χ2v) is 7.31. The van der Waals surface area contributed by atoms with Crippen molar-refractivity contribution in [3.8, 4) is 0 Å². The van der Waals surface area contributed by atoms with Gasteiger partial charge in [-0.1, -0.05) is 49.4 Å². The lowest BCUT2D eigenvalue weighted by Gasteiger charge is -2.36. The van der Waals surface area contributed by atoms with Gasteiger partial charge in [0, 0.05) is 18.4 Å². The molecule has 0 spiro atoms. The quantitative estimate of drug-likeness (QED) is 0.833. The molecule has 1 aliphatic rings. The Morgan fingerprint density at radius 3 is 2.65 bits per heavy atom. The number of carboxylic acids is 1. The Morgan fingerprint density at radius 2 is 1.85 bits per heavy atom. The molecule has 4 nitrogen and oxygen atoms in total. The van der Waals surface area contributed by atoms with Gasteiger partial charge in [0.25, 0.3) is 0 Å². The molecule has 4 heteroatoms. The molecule has 0 heterocycles. The van der Waals surface area contributed by atoms with Gasteiger partial charge in [0.2, 0.25) is 5.91 Å². The molecule has 1 unspecified atom stereocenters. The molecule has 2 aromatic rings. The number of rotatable bonds is 6. The normalized spacial score (nSPS) is 18.8. The molecule has 0 aromatic heterocycles. The summed E-state index contributed by atoms with van der Waals surface area (Å²) in [6.07, 6.45) is 4.02. The molecule has 0 bridgehead atoms. The van der Waals surface area contributed by atoms with E-state index in [2.05, 4.69) is 36.5 Å². The second-order valence-electron chi connectivity index (χ2n) is 7.31. The number of carboxylic acid groups (broad SMARTS) is 1. The van der Waals surface area contributed by atoms with Crippen molar-refractivity contribution in [1.82, 2.24) is 5.32 Å². The van der Waals surface area contributed by atoms with Crippen LogP contribution < -0.4 is 5.32 Å². The van der Waals surface area contributed by atoms with Crippen LogP contribution in [-0.4, -0.2) is 23.5 Å². The van der Waals surface area contributed by atoms with Crippen LogP contribution in [0.1, 0.15) is 53.2 Å². The summed E-state index contributed by atoms with van der Waals surface area (Å²) in [5.41, 5.74) is 3.65. The largest absolute Gasteiger partial charge is 0.478 e. The summed E-state index contributed by atoms with van der Waals surface area (Å²) in [6.45, 7) is 2.83. The third-order valence-corrected chi connectivity index (χ3v) is 5.39. The molecular formula is C22H25NO3. The highest BCUT2D eigenvalue weighted by molar-refractivity contribution is 5.89. The van der Waals surface area contributed by atoms with Crippen molar-refractivity contribution in [2.45, 2.75) is 44.4 Å². The van der Waals surface area contributed by atoms with E-state index in [-0.39, 0.29) is 16.9 Å². The van der Waals surface area contributed by atoms with Gasteiger partial charge in [-0.2, -0.15) is 0 Å². The van der Waals surface area contributed by atoms with Gasteiger partial charge >= 0.3 is 5.97 Å². The molecule has 2 N–H and O–H groups in total. The monoisotopic (exact) mass is 351 g/mol. The number of amides is 1. The Bertz CT molecular complexity index is 815. The first-order valence-corrected chi connectivity index (χ1v) is 9.16. The molecule has 0 radical (unpaired) electrons. The molecule has 3 rings (SSSR count). The molecule has 0 aliphatic heterocycles. The Balaban J connectivity index is 1.59. The fourth-order valence-corrected chi connectivity index (χ4v) is 3.89. The van der Waals surface area contributed by atoms with Gasteiger partial charge in [-0.05, 0) is 48.4 Å². The zero-order valence-electron chi connectivity index (χ0n) is 15.1. The fraction of sp³-hybridized carbons (Fsp3) is 0.364. The maximum absolute atomic E-state index is 12.3. The summed E-state index contributed by atoms with van der Waals surface area (Å²) in [5, 5.41) is 12.3. The van der Waals surface area contributed by atoms with Crippen molar-refractivity contribution in [1.29, 1.82) is 0 Å². The molecule has 0 fully saturated rings. The molecular weight excluding hydrogens is 326 g/mol. The van der Waals surface area contributed by atoms with Crippen molar-refractivity contribution in [2.75, 3.05) is 6.54 Å². The van der Waals surface area contributed by atoms with Crippen molar-refractivity contribution in [3.05, 3.63) is 70.8 Å². The summed E-state index contributed by atoms with van der Waals surface area (Å²) in [6, 6.07) is 15.3. The van der Waals surface area contributed by atoms with Crippen molar-refractivity contribution >= 4 is 11.9 Å². The average molecular weight is 351 g/mol. The number of carbonyl (C=O) groups is 2. The molecule has 2 aromatic carbocycles. The Kier molecular flexibility index (Phi) is 5.40. The maximum atomic E-state index is 12.3. The number of hydrogen-bond donors (Lipinski definition) is 2. The van der Waals surface area contributed by atoms with E-state index >= 15 is 0 Å². The van der Waals surface area contributed by atoms with E-state index < -0.39 is 5.97 Å². The van der Waals surface area contributed by atoms with E-state index in [9.17, 15) is 14.7 Å². The van der Waals surface area contributed by atoms with Gasteiger partial charge < -0.3 is 10.4 Å². The predicted octanol–water partition coefficient (Wildman–Crippen LogP) is 3.73. The van der Waals surface area contributed by atoms with Crippen LogP contribution in [0, 0.1) is 0 Å². The van der Waals surface area contributed by atoms with Crippen LogP contribution in [0.25, 0.3) is 0 Å². The van der Waals surface area contributed by atoms with Crippen LogP contribution in [0.5, 0.6) is 0 Å². The van der Waals surface area contributed by atoms with E-state index in [1.165, 1.54) is 11.1 Å². The summed E-state index contributed by atoms with van der Waals surface area (Å²) in [7, 11) is 0. The topological polar surface area (TPSA) is 66.4 Å². The van der Waals surface area contributed by atoms with Crippen LogP contribution in [-0.2, 0) is 23.1 Å². The van der Waals surface area contributed by atoms with Gasteiger partial charge in [-0.25, -0.2) is 4.79 Å². The van der Waals surface area contributed by atoms with Gasteiger partial charge in [0.15, 0.2) is 0 Å². The zero-order chi connectivity index (χ0) is 18.6. The second kappa shape index (κ2) is 7.73. The number of hydrogen-bond acceptors (Lipinski definition) is 2. The number of nitrogens with one attached hydrogen (secondary N) is 1. The Labute approximate surface area is 154 Å². The van der Waals surface area contributed by atoms with Crippen LogP contribution in [0.3, 0.4) is 0 Å². The van der Waals surface area contributed by atoms with Crippen molar-refractivity contribution in [3.63, 3.8) is 0 Å². The summed E-state index contributed by atoms with van der Waals surface area (Å²) in [4.78, 5) is 23.6. The minimum absolute atomic E-state index is 0.0329. The lowest BCUT2D eigenvalue weighted by Crippen LogP contribution is -2.41. The van der Waals surface area contributed by atoms with E-state index in [0.29, 0.717) is 24.9 Å². The first-order chi connectivity index (χ1) is 12.5. The Hall–Kier alpha value is -2.62. The summed E-state index contributed by atoms with van der Waals surface area (Å²) in [5.74, 6) is -0.984. The average Bonchev–Trinajstić information content (AvgIpc) is 2.65. The highest BCUT2D eigenvalue weighted by Crippen LogP contribution is 2.36. The first-order valence-electron chi connectivity index (χ1n) is 9.16. The van der Waals surface area contributed by atoms with Crippen molar-refractivity contribution in [2.24, 2.45) is 0 Å². The summed E-state index contributed by atoms with van der Waals surface area (Å²) < 4.78 is 0. The van der Waals surface area contributed by atoms with Crippen molar-refractivity contribution < 1.29 is 14.7 Å². The predicted molar refractivity (Wildman–Crippen MR) is 101 cm³/mol. The maximum Gasteiger partial charge on any atom is 0.335 e. The Morgan fingerprint density at radius 1 is 1.12 bits per heavy atom. The molecule has 1 amide bonds. The highest BCUT2D eigenvalue weighted by Gasteiger charge is 2.31. The molecule has 0 saturated heterocycles. The van der Waals surface area contributed by atoms with Gasteiger partial charge in [0.1, 0.15) is 0 Å². The van der Waals surface area contributed by atoms with E-state index in [1.54, 1.807) is 24.3 Å². The van der Waals surface area contributed by atoms with Crippen LogP contribution in [0.4, 0.5) is 0 Å². The molecule has 136 valence electrons. The van der Waals surface area contributed by atoms with Gasteiger partial charge in [-0.3, -0.25) is 4.79 Å². The van der Waals surface area contributed by atoms with Crippen LogP contribution in [0.2, 0.25) is 0 Å².